The molecule has 0 aliphatic heterocycles. The van der Waals surface area contributed by atoms with Gasteiger partial charge in [0.15, 0.2) is 0 Å². The molecule has 0 spiro atoms. The Hall–Kier alpha value is -6.96. The van der Waals surface area contributed by atoms with Gasteiger partial charge in [-0.3, -0.25) is 0 Å². The fraction of sp³-hybridized carbons (Fsp3) is 0.0545. The molecule has 0 saturated carbocycles. The molecule has 9 aromatic carbocycles. The van der Waals surface area contributed by atoms with Gasteiger partial charge < -0.3 is 4.90 Å². The van der Waals surface area contributed by atoms with Gasteiger partial charge in [-0.15, -0.1) is 0 Å². The van der Waals surface area contributed by atoms with E-state index in [2.05, 4.69) is 231 Å². The van der Waals surface area contributed by atoms with Gasteiger partial charge in [0, 0.05) is 22.4 Å². The second kappa shape index (κ2) is 13.7. The van der Waals surface area contributed by atoms with Crippen LogP contribution in [0.4, 0.5) is 17.1 Å². The zero-order valence-electron chi connectivity index (χ0n) is 31.7. The highest BCUT2D eigenvalue weighted by Crippen LogP contribution is 2.52. The molecule has 1 aliphatic rings. The van der Waals surface area contributed by atoms with Gasteiger partial charge in [-0.2, -0.15) is 0 Å². The standard InChI is InChI=1S/C55H41N/c1-55(2)52-31-12-10-26-49(52)51-30-16-29-47(54(51)55)40-33-35-42(36-34-40)56(43-22-14-21-41(37-43)46-28-15-20-39-19-6-7-23-44(39)46)53-32-13-11-27-50(53)48-25-9-8-24-45(48)38-17-4-3-5-18-38/h3-37H,1-2H3. The van der Waals surface area contributed by atoms with E-state index in [4.69, 9.17) is 0 Å². The number of anilines is 3. The molecule has 0 saturated heterocycles. The summed E-state index contributed by atoms with van der Waals surface area (Å²) in [6.07, 6.45) is 0. The first-order valence-corrected chi connectivity index (χ1v) is 19.5. The molecular weight excluding hydrogens is 675 g/mol. The zero-order chi connectivity index (χ0) is 37.6. The summed E-state index contributed by atoms with van der Waals surface area (Å²) in [5, 5.41) is 2.49. The summed E-state index contributed by atoms with van der Waals surface area (Å²) in [5.74, 6) is 0. The molecule has 266 valence electrons. The summed E-state index contributed by atoms with van der Waals surface area (Å²) in [7, 11) is 0. The summed E-state index contributed by atoms with van der Waals surface area (Å²) in [4.78, 5) is 2.44. The maximum atomic E-state index is 2.44. The van der Waals surface area contributed by atoms with Crippen LogP contribution in [0.3, 0.4) is 0 Å². The summed E-state index contributed by atoms with van der Waals surface area (Å²) >= 11 is 0. The fourth-order valence-electron chi connectivity index (χ4n) is 9.08. The molecule has 1 aliphatic carbocycles. The third kappa shape index (κ3) is 5.63. The summed E-state index contributed by atoms with van der Waals surface area (Å²) in [5.41, 5.74) is 18.4. The van der Waals surface area contributed by atoms with E-state index in [9.17, 15) is 0 Å². The lowest BCUT2D eigenvalue weighted by atomic mass is 9.79. The van der Waals surface area contributed by atoms with Crippen LogP contribution in [-0.2, 0) is 5.41 Å². The highest BCUT2D eigenvalue weighted by atomic mass is 15.1. The number of nitrogens with zero attached hydrogens (tertiary/aromatic N) is 1. The number of hydrogen-bond acceptors (Lipinski definition) is 1. The normalized spacial score (nSPS) is 12.6. The Kier molecular flexibility index (Phi) is 8.23. The second-order valence-electron chi connectivity index (χ2n) is 15.3. The number of fused-ring (bicyclic) bond motifs is 4. The lowest BCUT2D eigenvalue weighted by molar-refractivity contribution is 0.662. The van der Waals surface area contributed by atoms with Crippen LogP contribution >= 0.6 is 0 Å². The molecule has 1 nitrogen and oxygen atoms in total. The Bertz CT molecular complexity index is 2880. The van der Waals surface area contributed by atoms with Gasteiger partial charge in [0.2, 0.25) is 0 Å². The van der Waals surface area contributed by atoms with E-state index in [1.807, 2.05) is 0 Å². The third-order valence-corrected chi connectivity index (χ3v) is 11.7. The SMILES string of the molecule is CC1(C)c2ccccc2-c2cccc(-c3ccc(N(c4cccc(-c5cccc6ccccc56)c4)c4ccccc4-c4ccccc4-c4ccccc4)cc3)c21. The van der Waals surface area contributed by atoms with E-state index < -0.39 is 0 Å². The summed E-state index contributed by atoms with van der Waals surface area (Å²) in [6.45, 7) is 4.73. The van der Waals surface area contributed by atoms with Gasteiger partial charge in [-0.25, -0.2) is 0 Å². The minimum absolute atomic E-state index is 0.0969. The highest BCUT2D eigenvalue weighted by Gasteiger charge is 2.37. The predicted octanol–water partition coefficient (Wildman–Crippen LogP) is 15.3. The van der Waals surface area contributed by atoms with Crippen molar-refractivity contribution in [3.63, 3.8) is 0 Å². The minimum atomic E-state index is -0.0969. The number of benzene rings is 9. The maximum Gasteiger partial charge on any atom is 0.0540 e. The highest BCUT2D eigenvalue weighted by molar-refractivity contribution is 5.99. The predicted molar refractivity (Wildman–Crippen MR) is 238 cm³/mol. The van der Waals surface area contributed by atoms with Gasteiger partial charge in [-0.1, -0.05) is 196 Å². The maximum absolute atomic E-state index is 2.44. The number of para-hydroxylation sites is 1. The van der Waals surface area contributed by atoms with E-state index in [-0.39, 0.29) is 5.41 Å². The van der Waals surface area contributed by atoms with Crippen molar-refractivity contribution in [1.29, 1.82) is 0 Å². The van der Waals surface area contributed by atoms with Crippen molar-refractivity contribution in [1.82, 2.24) is 0 Å². The van der Waals surface area contributed by atoms with Crippen molar-refractivity contribution in [3.05, 3.63) is 223 Å². The van der Waals surface area contributed by atoms with Crippen LogP contribution < -0.4 is 4.90 Å². The van der Waals surface area contributed by atoms with Crippen LogP contribution in [0.2, 0.25) is 0 Å². The lowest BCUT2D eigenvalue weighted by Gasteiger charge is -2.29. The molecular formula is C55H41N. The van der Waals surface area contributed by atoms with Crippen LogP contribution in [0.5, 0.6) is 0 Å². The third-order valence-electron chi connectivity index (χ3n) is 11.7. The van der Waals surface area contributed by atoms with E-state index in [1.165, 1.54) is 77.5 Å². The Balaban J connectivity index is 1.15. The molecule has 9 aromatic rings. The van der Waals surface area contributed by atoms with Crippen molar-refractivity contribution >= 4 is 27.8 Å². The first kappa shape index (κ1) is 33.6. The fourth-order valence-corrected chi connectivity index (χ4v) is 9.08. The van der Waals surface area contributed by atoms with Crippen LogP contribution in [0, 0.1) is 0 Å². The number of hydrogen-bond donors (Lipinski definition) is 0. The van der Waals surface area contributed by atoms with Crippen molar-refractivity contribution in [2.75, 3.05) is 4.90 Å². The van der Waals surface area contributed by atoms with E-state index in [0.29, 0.717) is 0 Å². The van der Waals surface area contributed by atoms with Gasteiger partial charge in [-0.05, 0) is 102 Å². The van der Waals surface area contributed by atoms with Crippen LogP contribution in [0.1, 0.15) is 25.0 Å². The van der Waals surface area contributed by atoms with Gasteiger partial charge in [0.05, 0.1) is 5.69 Å². The molecule has 0 aromatic heterocycles. The van der Waals surface area contributed by atoms with Gasteiger partial charge >= 0.3 is 0 Å². The van der Waals surface area contributed by atoms with Gasteiger partial charge in [0.1, 0.15) is 0 Å². The lowest BCUT2D eigenvalue weighted by Crippen LogP contribution is -2.16. The largest absolute Gasteiger partial charge is 0.310 e. The smallest absolute Gasteiger partial charge is 0.0540 e. The van der Waals surface area contributed by atoms with E-state index >= 15 is 0 Å². The van der Waals surface area contributed by atoms with Crippen LogP contribution in [0.25, 0.3) is 66.4 Å². The average molecular weight is 716 g/mol. The zero-order valence-corrected chi connectivity index (χ0v) is 31.7. The first-order valence-electron chi connectivity index (χ1n) is 19.5. The molecule has 0 heterocycles. The molecule has 0 bridgehead atoms. The van der Waals surface area contributed by atoms with Crippen molar-refractivity contribution < 1.29 is 0 Å². The molecule has 0 N–H and O–H groups in total. The van der Waals surface area contributed by atoms with E-state index in [1.54, 1.807) is 0 Å². The molecule has 10 rings (SSSR count). The molecule has 0 radical (unpaired) electrons. The number of rotatable bonds is 7. The van der Waals surface area contributed by atoms with Crippen LogP contribution in [0.15, 0.2) is 212 Å². The first-order chi connectivity index (χ1) is 27.6. The quantitative estimate of drug-likeness (QED) is 0.159. The van der Waals surface area contributed by atoms with Crippen molar-refractivity contribution in [2.24, 2.45) is 0 Å². The molecule has 56 heavy (non-hydrogen) atoms. The Morgan fingerprint density at radius 3 is 1.73 bits per heavy atom. The molecule has 0 fully saturated rings. The average Bonchev–Trinajstić information content (AvgIpc) is 3.50. The molecule has 0 amide bonds. The molecule has 0 atom stereocenters. The summed E-state index contributed by atoms with van der Waals surface area (Å²) in [6, 6.07) is 77.5. The van der Waals surface area contributed by atoms with Gasteiger partial charge in [0.25, 0.3) is 0 Å². The molecule has 0 unspecified atom stereocenters. The van der Waals surface area contributed by atoms with Crippen LogP contribution in [-0.4, -0.2) is 0 Å². The second-order valence-corrected chi connectivity index (χ2v) is 15.3. The summed E-state index contributed by atoms with van der Waals surface area (Å²) < 4.78 is 0. The topological polar surface area (TPSA) is 3.24 Å². The Morgan fingerprint density at radius 1 is 0.339 bits per heavy atom. The van der Waals surface area contributed by atoms with Crippen molar-refractivity contribution in [2.45, 2.75) is 19.3 Å². The monoisotopic (exact) mass is 715 g/mol. The Labute approximate surface area is 329 Å². The minimum Gasteiger partial charge on any atom is -0.310 e. The molecule has 1 heteroatoms. The Morgan fingerprint density at radius 2 is 0.893 bits per heavy atom. The van der Waals surface area contributed by atoms with E-state index in [0.717, 1.165) is 17.1 Å². The van der Waals surface area contributed by atoms with Crippen molar-refractivity contribution in [3.8, 4) is 55.6 Å².